The van der Waals surface area contributed by atoms with Crippen molar-refractivity contribution in [1.82, 2.24) is 4.90 Å². The molecule has 0 atom stereocenters. The minimum Gasteiger partial charge on any atom is -0.479 e. The van der Waals surface area contributed by atoms with Crippen LogP contribution in [0.5, 0.6) is 0 Å². The summed E-state index contributed by atoms with van der Waals surface area (Å²) in [5, 5.41) is 19.2. The van der Waals surface area contributed by atoms with Crippen molar-refractivity contribution in [3.05, 3.63) is 35.9 Å². The molecule has 5 nitrogen and oxygen atoms in total. The van der Waals surface area contributed by atoms with Gasteiger partial charge in [0, 0.05) is 6.42 Å². The van der Waals surface area contributed by atoms with Crippen LogP contribution in [0.15, 0.2) is 30.3 Å². The van der Waals surface area contributed by atoms with Crippen LogP contribution in [0.4, 0.5) is 0 Å². The Morgan fingerprint density at radius 1 is 1.00 bits per heavy atom. The van der Waals surface area contributed by atoms with Gasteiger partial charge in [-0.3, -0.25) is 4.90 Å². The van der Waals surface area contributed by atoms with Crippen molar-refractivity contribution in [2.75, 3.05) is 13.1 Å². The fourth-order valence-electron chi connectivity index (χ4n) is 2.79. The Balaban J connectivity index is 2.36. The first-order chi connectivity index (χ1) is 9.57. The third-order valence-corrected chi connectivity index (χ3v) is 3.91. The van der Waals surface area contributed by atoms with Crippen molar-refractivity contribution in [1.29, 1.82) is 0 Å². The third-order valence-electron chi connectivity index (χ3n) is 3.91. The molecule has 1 heterocycles. The van der Waals surface area contributed by atoms with Gasteiger partial charge in [-0.2, -0.15) is 0 Å². The molecular formula is C15H19NO4. The number of carboxylic acids is 2. The molecule has 1 aromatic rings. The zero-order chi connectivity index (χ0) is 14.6. The first-order valence-corrected chi connectivity index (χ1v) is 6.83. The number of rotatable bonds is 5. The van der Waals surface area contributed by atoms with Gasteiger partial charge in [-0.25, -0.2) is 9.59 Å². The van der Waals surface area contributed by atoms with Gasteiger partial charge in [0.2, 0.25) is 5.54 Å². The van der Waals surface area contributed by atoms with Gasteiger partial charge in [-0.05, 0) is 31.5 Å². The van der Waals surface area contributed by atoms with Gasteiger partial charge >= 0.3 is 11.9 Å². The van der Waals surface area contributed by atoms with Crippen molar-refractivity contribution in [3.63, 3.8) is 0 Å². The van der Waals surface area contributed by atoms with Gasteiger partial charge in [0.25, 0.3) is 0 Å². The number of likely N-dealkylation sites (tertiary alicyclic amines) is 1. The van der Waals surface area contributed by atoms with Gasteiger partial charge in [0.05, 0.1) is 0 Å². The summed E-state index contributed by atoms with van der Waals surface area (Å²) in [5.74, 6) is -2.56. The number of nitrogens with zero attached hydrogens (tertiary/aromatic N) is 1. The van der Waals surface area contributed by atoms with Gasteiger partial charge in [-0.15, -0.1) is 0 Å². The molecule has 0 aliphatic carbocycles. The summed E-state index contributed by atoms with van der Waals surface area (Å²) in [6, 6.07) is 8.95. The Morgan fingerprint density at radius 3 is 2.05 bits per heavy atom. The minimum atomic E-state index is -1.86. The number of benzene rings is 1. The average molecular weight is 277 g/mol. The zero-order valence-electron chi connectivity index (χ0n) is 11.3. The molecule has 5 heteroatoms. The van der Waals surface area contributed by atoms with E-state index in [9.17, 15) is 19.8 Å². The SMILES string of the molecule is O=C(O)C(Cc1ccccc1)(C(=O)O)N1CCCCC1. The maximum absolute atomic E-state index is 11.7. The van der Waals surface area contributed by atoms with Crippen LogP contribution in [0.25, 0.3) is 0 Å². The normalized spacial score (nSPS) is 16.8. The highest BCUT2D eigenvalue weighted by Crippen LogP contribution is 2.26. The van der Waals surface area contributed by atoms with E-state index in [4.69, 9.17) is 0 Å². The van der Waals surface area contributed by atoms with E-state index in [-0.39, 0.29) is 6.42 Å². The number of hydrogen-bond donors (Lipinski definition) is 2. The monoisotopic (exact) mass is 277 g/mol. The maximum Gasteiger partial charge on any atom is 0.336 e. The van der Waals surface area contributed by atoms with Crippen LogP contribution in [0, 0.1) is 0 Å². The molecule has 1 aliphatic rings. The molecule has 0 bridgehead atoms. The highest BCUT2D eigenvalue weighted by atomic mass is 16.4. The van der Waals surface area contributed by atoms with Gasteiger partial charge in [0.1, 0.15) is 0 Å². The molecule has 20 heavy (non-hydrogen) atoms. The maximum atomic E-state index is 11.7. The molecule has 2 rings (SSSR count). The molecule has 0 spiro atoms. The minimum absolute atomic E-state index is 0.0154. The van der Waals surface area contributed by atoms with Crippen molar-refractivity contribution < 1.29 is 19.8 Å². The Bertz CT molecular complexity index is 466. The number of aliphatic carboxylic acids is 2. The lowest BCUT2D eigenvalue weighted by Crippen LogP contribution is -2.62. The van der Waals surface area contributed by atoms with Crippen LogP contribution in [-0.4, -0.2) is 45.7 Å². The van der Waals surface area contributed by atoms with Gasteiger partial charge in [-0.1, -0.05) is 36.8 Å². The van der Waals surface area contributed by atoms with Gasteiger partial charge < -0.3 is 10.2 Å². The number of carbonyl (C=O) groups is 2. The molecule has 1 aliphatic heterocycles. The summed E-state index contributed by atoms with van der Waals surface area (Å²) in [4.78, 5) is 25.1. The quantitative estimate of drug-likeness (QED) is 0.800. The van der Waals surface area contributed by atoms with E-state index in [2.05, 4.69) is 0 Å². The van der Waals surface area contributed by atoms with E-state index in [0.717, 1.165) is 24.8 Å². The van der Waals surface area contributed by atoms with Crippen molar-refractivity contribution in [2.24, 2.45) is 0 Å². The van der Waals surface area contributed by atoms with Crippen LogP contribution in [0.3, 0.4) is 0 Å². The molecule has 1 saturated heterocycles. The number of carboxylic acid groups (broad SMARTS) is 2. The van der Waals surface area contributed by atoms with Crippen molar-refractivity contribution in [3.8, 4) is 0 Å². The highest BCUT2D eigenvalue weighted by molar-refractivity contribution is 6.03. The molecule has 108 valence electrons. The summed E-state index contributed by atoms with van der Waals surface area (Å²) < 4.78 is 0. The van der Waals surface area contributed by atoms with E-state index in [1.165, 1.54) is 0 Å². The third kappa shape index (κ3) is 2.67. The van der Waals surface area contributed by atoms with Crippen molar-refractivity contribution in [2.45, 2.75) is 31.2 Å². The standard InChI is InChI=1S/C15H19NO4/c17-13(18)15(14(19)20,16-9-5-2-6-10-16)11-12-7-3-1-4-8-12/h1,3-4,7-8H,2,5-6,9-11H2,(H,17,18)(H,19,20). The summed E-state index contributed by atoms with van der Waals surface area (Å²) >= 11 is 0. The first-order valence-electron chi connectivity index (χ1n) is 6.83. The second-order valence-electron chi connectivity index (χ2n) is 5.18. The molecule has 0 radical (unpaired) electrons. The number of piperidine rings is 1. The van der Waals surface area contributed by atoms with Crippen LogP contribution >= 0.6 is 0 Å². The lowest BCUT2D eigenvalue weighted by molar-refractivity contribution is -0.168. The summed E-state index contributed by atoms with van der Waals surface area (Å²) in [5.41, 5.74) is -1.13. The van der Waals surface area contributed by atoms with E-state index >= 15 is 0 Å². The average Bonchev–Trinajstić information content (AvgIpc) is 2.46. The second-order valence-corrected chi connectivity index (χ2v) is 5.18. The topological polar surface area (TPSA) is 77.8 Å². The van der Waals surface area contributed by atoms with Crippen LogP contribution in [0.1, 0.15) is 24.8 Å². The fourth-order valence-corrected chi connectivity index (χ4v) is 2.79. The summed E-state index contributed by atoms with van der Waals surface area (Å²) in [7, 11) is 0. The lowest BCUT2D eigenvalue weighted by Gasteiger charge is -2.39. The largest absolute Gasteiger partial charge is 0.479 e. The fraction of sp³-hybridized carbons (Fsp3) is 0.467. The number of hydrogen-bond acceptors (Lipinski definition) is 3. The lowest BCUT2D eigenvalue weighted by atomic mass is 9.87. The van der Waals surface area contributed by atoms with E-state index in [1.54, 1.807) is 29.2 Å². The predicted octanol–water partition coefficient (Wildman–Crippen LogP) is 1.62. The first kappa shape index (κ1) is 14.5. The van der Waals surface area contributed by atoms with Crippen LogP contribution in [0.2, 0.25) is 0 Å². The Kier molecular flexibility index (Phi) is 4.39. The molecule has 2 N–H and O–H groups in total. The van der Waals surface area contributed by atoms with Gasteiger partial charge in [0.15, 0.2) is 0 Å². The molecule has 0 aromatic heterocycles. The molecule has 0 unspecified atom stereocenters. The molecule has 0 saturated carbocycles. The molecule has 1 fully saturated rings. The Hall–Kier alpha value is -1.88. The predicted molar refractivity (Wildman–Crippen MR) is 73.6 cm³/mol. The second kappa shape index (κ2) is 6.05. The molecule has 1 aromatic carbocycles. The van der Waals surface area contributed by atoms with E-state index < -0.39 is 17.5 Å². The van der Waals surface area contributed by atoms with Crippen LogP contribution < -0.4 is 0 Å². The van der Waals surface area contributed by atoms with E-state index in [0.29, 0.717) is 13.1 Å². The Labute approximate surface area is 117 Å². The smallest absolute Gasteiger partial charge is 0.336 e. The molecular weight excluding hydrogens is 258 g/mol. The molecule has 0 amide bonds. The summed E-state index contributed by atoms with van der Waals surface area (Å²) in [6.07, 6.45) is 2.70. The zero-order valence-corrected chi connectivity index (χ0v) is 11.3. The highest BCUT2D eigenvalue weighted by Gasteiger charge is 2.51. The van der Waals surface area contributed by atoms with Crippen molar-refractivity contribution >= 4 is 11.9 Å². The van der Waals surface area contributed by atoms with Crippen LogP contribution in [-0.2, 0) is 16.0 Å². The summed E-state index contributed by atoms with van der Waals surface area (Å²) in [6.45, 7) is 1.04. The Morgan fingerprint density at radius 2 is 1.55 bits per heavy atom. The van der Waals surface area contributed by atoms with E-state index in [1.807, 2.05) is 6.07 Å².